The predicted molar refractivity (Wildman–Crippen MR) is 143 cm³/mol. The van der Waals surface area contributed by atoms with Gasteiger partial charge >= 0.3 is 21.1 Å². The van der Waals surface area contributed by atoms with E-state index in [1.165, 1.54) is 16.5 Å². The van der Waals surface area contributed by atoms with Crippen molar-refractivity contribution in [3.8, 4) is 11.5 Å². The molecule has 0 aliphatic rings. The minimum atomic E-state index is 0. The summed E-state index contributed by atoms with van der Waals surface area (Å²) in [5.41, 5.74) is 6.06. The molecule has 3 aromatic carbocycles. The van der Waals surface area contributed by atoms with Crippen molar-refractivity contribution in [1.29, 1.82) is 0 Å². The molecule has 8 rings (SSSR count). The molecule has 0 atom stereocenters. The van der Waals surface area contributed by atoms with E-state index in [4.69, 9.17) is 4.74 Å². The summed E-state index contributed by atoms with van der Waals surface area (Å²) in [6.45, 7) is 4.28. The third kappa shape index (κ3) is 3.18. The first-order chi connectivity index (χ1) is 18.2. The summed E-state index contributed by atoms with van der Waals surface area (Å²) in [5, 5.41) is 5.93. The monoisotopic (exact) mass is 673 g/mol. The molecule has 0 amide bonds. The molecule has 7 nitrogen and oxygen atoms in total. The van der Waals surface area contributed by atoms with Crippen molar-refractivity contribution in [2.45, 2.75) is 13.8 Å². The third-order valence-electron chi connectivity index (χ3n) is 7.16. The van der Waals surface area contributed by atoms with Gasteiger partial charge in [0.05, 0.1) is 11.3 Å². The topological polar surface area (TPSA) is 69.6 Å². The van der Waals surface area contributed by atoms with Crippen molar-refractivity contribution in [3.05, 3.63) is 97.0 Å². The van der Waals surface area contributed by atoms with Crippen LogP contribution < -0.4 is 4.74 Å². The first kappa shape index (κ1) is 22.8. The molecule has 5 heterocycles. The van der Waals surface area contributed by atoms with Gasteiger partial charge in [-0.25, -0.2) is 9.97 Å². The van der Waals surface area contributed by atoms with E-state index in [0.717, 1.165) is 49.4 Å². The number of fused-ring (bicyclic) bond motifs is 12. The maximum atomic E-state index is 6.30. The van der Waals surface area contributed by atoms with E-state index in [-0.39, 0.29) is 21.1 Å². The summed E-state index contributed by atoms with van der Waals surface area (Å²) >= 11 is 0. The first-order valence-electron chi connectivity index (χ1n) is 12.0. The Morgan fingerprint density at radius 2 is 1.32 bits per heavy atom. The van der Waals surface area contributed by atoms with Gasteiger partial charge in [0.1, 0.15) is 12.0 Å². The van der Waals surface area contributed by atoms with Crippen LogP contribution in [0.1, 0.15) is 11.1 Å². The smallest absolute Gasteiger partial charge is 0.497 e. The molecule has 0 unspecified atom stereocenters. The van der Waals surface area contributed by atoms with Gasteiger partial charge in [-0.05, 0) is 36.4 Å². The summed E-state index contributed by atoms with van der Waals surface area (Å²) in [4.78, 5) is 17.9. The van der Waals surface area contributed by atoms with Crippen LogP contribution in [0.25, 0.3) is 54.8 Å². The number of hydrogen-bond acceptors (Lipinski definition) is 5. The van der Waals surface area contributed by atoms with E-state index in [1.807, 2.05) is 47.4 Å². The Balaban J connectivity index is 0.00000242. The summed E-state index contributed by atoms with van der Waals surface area (Å²) in [7, 11) is 0. The van der Waals surface area contributed by atoms with Gasteiger partial charge in [0.2, 0.25) is 0 Å². The second-order valence-electron chi connectivity index (χ2n) is 9.28. The van der Waals surface area contributed by atoms with E-state index < -0.39 is 0 Å². The SMILES string of the molecule is Cc1cc2c3ccc(Oc4[c-]c5c(cc4)c4cncnc4n4ccnc54)[c-]c3c3nccn3c2cc1C.[Pt+2]. The fourth-order valence-electron chi connectivity index (χ4n) is 5.25. The van der Waals surface area contributed by atoms with E-state index in [9.17, 15) is 0 Å². The van der Waals surface area contributed by atoms with Gasteiger partial charge in [-0.2, -0.15) is 0 Å². The molecule has 0 fully saturated rings. The number of ether oxygens (including phenoxy) is 1. The Morgan fingerprint density at radius 1 is 0.684 bits per heavy atom. The van der Waals surface area contributed by atoms with E-state index >= 15 is 0 Å². The Kier molecular flexibility index (Phi) is 5.00. The van der Waals surface area contributed by atoms with Crippen LogP contribution in [0.5, 0.6) is 11.5 Å². The van der Waals surface area contributed by atoms with Crippen LogP contribution in [0.3, 0.4) is 0 Å². The fourth-order valence-corrected chi connectivity index (χ4v) is 5.25. The number of hydrogen-bond donors (Lipinski definition) is 0. The van der Waals surface area contributed by atoms with Crippen LogP contribution >= 0.6 is 0 Å². The zero-order valence-electron chi connectivity index (χ0n) is 20.3. The molecule has 8 heteroatoms. The minimum absolute atomic E-state index is 0. The van der Waals surface area contributed by atoms with Gasteiger partial charge in [0.15, 0.2) is 0 Å². The Hall–Kier alpha value is -4.35. The first-order valence-corrected chi connectivity index (χ1v) is 12.0. The standard InChI is InChI=1S/C30H18N6O.Pt/c1-17-11-23-21-5-3-19(13-24(21)28-32-7-9-35(28)27(23)12-18(17)2)37-20-4-6-22-25(14-20)29-33-8-10-36(29)30-26(22)15-31-16-34-30;/h3-12,15-16H,1-2H3;/q-2;+2. The van der Waals surface area contributed by atoms with Crippen LogP contribution in [0, 0.1) is 26.0 Å². The maximum Gasteiger partial charge on any atom is 2.00 e. The molecule has 0 aliphatic heterocycles. The number of rotatable bonds is 2. The van der Waals surface area contributed by atoms with Gasteiger partial charge in [-0.1, -0.05) is 51.9 Å². The van der Waals surface area contributed by atoms with E-state index in [2.05, 4.69) is 68.5 Å². The van der Waals surface area contributed by atoms with Crippen LogP contribution in [0.4, 0.5) is 0 Å². The molecule has 184 valence electrons. The number of pyridine rings is 2. The summed E-state index contributed by atoms with van der Waals surface area (Å²) in [6.07, 6.45) is 10.8. The molecule has 0 saturated heterocycles. The van der Waals surface area contributed by atoms with Crippen molar-refractivity contribution >= 4 is 54.8 Å². The van der Waals surface area contributed by atoms with Gasteiger partial charge in [-0.3, -0.25) is 9.97 Å². The van der Waals surface area contributed by atoms with Crippen molar-refractivity contribution < 1.29 is 25.8 Å². The molecular weight excluding hydrogens is 655 g/mol. The predicted octanol–water partition coefficient (Wildman–Crippen LogP) is 6.39. The number of aromatic nitrogens is 6. The molecule has 0 radical (unpaired) electrons. The van der Waals surface area contributed by atoms with E-state index in [1.54, 1.807) is 12.5 Å². The molecule has 5 aromatic heterocycles. The van der Waals surface area contributed by atoms with Gasteiger partial charge < -0.3 is 13.5 Å². The van der Waals surface area contributed by atoms with Crippen LogP contribution in [0.2, 0.25) is 0 Å². The summed E-state index contributed by atoms with van der Waals surface area (Å²) in [5.74, 6) is 1.18. The molecule has 0 aliphatic carbocycles. The molecule has 0 bridgehead atoms. The number of benzene rings is 3. The van der Waals surface area contributed by atoms with Crippen molar-refractivity contribution in [2.24, 2.45) is 0 Å². The van der Waals surface area contributed by atoms with Crippen molar-refractivity contribution in [1.82, 2.24) is 28.7 Å². The molecule has 0 saturated carbocycles. The number of imidazole rings is 2. The van der Waals surface area contributed by atoms with Crippen LogP contribution in [0.15, 0.2) is 73.7 Å². The van der Waals surface area contributed by atoms with E-state index in [0.29, 0.717) is 11.5 Å². The van der Waals surface area contributed by atoms with Crippen LogP contribution in [-0.4, -0.2) is 28.7 Å². The Labute approximate surface area is 231 Å². The van der Waals surface area contributed by atoms with Crippen molar-refractivity contribution in [3.63, 3.8) is 0 Å². The molecule has 8 aromatic rings. The molecular formula is C30H18N6OPt. The summed E-state index contributed by atoms with van der Waals surface area (Å²) < 4.78 is 10.4. The maximum absolute atomic E-state index is 6.30. The fraction of sp³-hybridized carbons (Fsp3) is 0.0667. The minimum Gasteiger partial charge on any atom is -0.497 e. The molecule has 0 spiro atoms. The van der Waals surface area contributed by atoms with Gasteiger partial charge in [0, 0.05) is 53.4 Å². The summed E-state index contributed by atoms with van der Waals surface area (Å²) in [6, 6.07) is 19.3. The van der Waals surface area contributed by atoms with Crippen molar-refractivity contribution in [2.75, 3.05) is 0 Å². The normalized spacial score (nSPS) is 11.7. The number of aryl methyl sites for hydroxylation is 2. The van der Waals surface area contributed by atoms with Gasteiger partial charge in [0.25, 0.3) is 0 Å². The Morgan fingerprint density at radius 3 is 2.05 bits per heavy atom. The average Bonchev–Trinajstić information content (AvgIpc) is 3.61. The second-order valence-corrected chi connectivity index (χ2v) is 9.28. The zero-order valence-corrected chi connectivity index (χ0v) is 22.6. The molecule has 0 N–H and O–H groups in total. The van der Waals surface area contributed by atoms with Crippen LogP contribution in [-0.2, 0) is 21.1 Å². The zero-order chi connectivity index (χ0) is 24.7. The Bertz CT molecular complexity index is 2210. The number of nitrogens with zero attached hydrogens (tertiary/aromatic N) is 6. The molecule has 38 heavy (non-hydrogen) atoms. The average molecular weight is 674 g/mol. The third-order valence-corrected chi connectivity index (χ3v) is 7.16. The largest absolute Gasteiger partial charge is 2.00 e. The quantitative estimate of drug-likeness (QED) is 0.157. The second kappa shape index (κ2) is 8.33. The van der Waals surface area contributed by atoms with Gasteiger partial charge in [-0.15, -0.1) is 12.1 Å².